The average molecular weight is 330 g/mol. The van der Waals surface area contributed by atoms with E-state index in [1.165, 1.54) is 16.6 Å². The van der Waals surface area contributed by atoms with Gasteiger partial charge in [0.25, 0.3) is 0 Å². The van der Waals surface area contributed by atoms with Gasteiger partial charge in [0, 0.05) is 23.3 Å². The van der Waals surface area contributed by atoms with Gasteiger partial charge in [0.15, 0.2) is 0 Å². The number of oxazole rings is 1. The molecule has 4 aromatic rings. The Morgan fingerprint density at radius 1 is 0.960 bits per heavy atom. The van der Waals surface area contributed by atoms with Crippen LogP contribution in [-0.2, 0) is 13.0 Å². The summed E-state index contributed by atoms with van der Waals surface area (Å²) in [5.41, 5.74) is 4.71. The van der Waals surface area contributed by atoms with E-state index in [2.05, 4.69) is 41.8 Å². The van der Waals surface area contributed by atoms with Gasteiger partial charge in [0.1, 0.15) is 5.76 Å². The van der Waals surface area contributed by atoms with Gasteiger partial charge in [-0.15, -0.1) is 0 Å². The van der Waals surface area contributed by atoms with Crippen molar-refractivity contribution in [2.75, 3.05) is 0 Å². The maximum atomic E-state index is 5.86. The van der Waals surface area contributed by atoms with Crippen molar-refractivity contribution >= 4 is 10.9 Å². The Labute approximate surface area is 147 Å². The van der Waals surface area contributed by atoms with Crippen molar-refractivity contribution in [3.63, 3.8) is 0 Å². The molecule has 0 bridgehead atoms. The highest BCUT2D eigenvalue weighted by Gasteiger charge is 2.11. The molecule has 0 saturated heterocycles. The van der Waals surface area contributed by atoms with Gasteiger partial charge >= 0.3 is 0 Å². The van der Waals surface area contributed by atoms with Gasteiger partial charge in [0.2, 0.25) is 5.89 Å². The lowest BCUT2D eigenvalue weighted by molar-refractivity contribution is 0.537. The lowest BCUT2D eigenvalue weighted by Gasteiger charge is -2.07. The molecule has 0 aliphatic heterocycles. The summed E-state index contributed by atoms with van der Waals surface area (Å²) in [5, 5.41) is 1.31. The van der Waals surface area contributed by atoms with Gasteiger partial charge in [-0.1, -0.05) is 36.4 Å². The fourth-order valence-corrected chi connectivity index (χ4v) is 3.41. The minimum Gasteiger partial charge on any atom is -0.441 e. The summed E-state index contributed by atoms with van der Waals surface area (Å²) >= 11 is 0. The molecule has 3 heteroatoms. The van der Waals surface area contributed by atoms with E-state index < -0.39 is 0 Å². The molecule has 2 aromatic heterocycles. The van der Waals surface area contributed by atoms with E-state index in [0.29, 0.717) is 0 Å². The van der Waals surface area contributed by atoms with E-state index in [9.17, 15) is 0 Å². The van der Waals surface area contributed by atoms with Crippen LogP contribution in [0.15, 0.2) is 65.1 Å². The molecule has 0 aliphatic rings. The van der Waals surface area contributed by atoms with E-state index in [0.717, 1.165) is 42.3 Å². The number of fused-ring (bicyclic) bond motifs is 1. The number of aromatic nitrogens is 2. The maximum Gasteiger partial charge on any atom is 0.226 e. The average Bonchev–Trinajstić information content (AvgIpc) is 3.16. The fourth-order valence-electron chi connectivity index (χ4n) is 3.41. The highest BCUT2D eigenvalue weighted by molar-refractivity contribution is 5.81. The molecule has 3 nitrogen and oxygen atoms in total. The number of aryl methyl sites for hydroxylation is 4. The number of benzene rings is 2. The monoisotopic (exact) mass is 330 g/mol. The van der Waals surface area contributed by atoms with Gasteiger partial charge in [-0.05, 0) is 56.3 Å². The number of hydrogen-bond donors (Lipinski definition) is 0. The van der Waals surface area contributed by atoms with Crippen molar-refractivity contribution in [2.24, 2.45) is 0 Å². The summed E-state index contributed by atoms with van der Waals surface area (Å²) in [5.74, 6) is 1.64. The Kier molecular flexibility index (Phi) is 4.14. The zero-order chi connectivity index (χ0) is 17.2. The zero-order valence-electron chi connectivity index (χ0n) is 14.7. The minimum atomic E-state index is 0.718. The second kappa shape index (κ2) is 6.60. The summed E-state index contributed by atoms with van der Waals surface area (Å²) in [6, 6.07) is 20.9. The van der Waals surface area contributed by atoms with Gasteiger partial charge in [-0.25, -0.2) is 4.98 Å². The molecule has 0 aliphatic carbocycles. The van der Waals surface area contributed by atoms with Crippen molar-refractivity contribution in [2.45, 2.75) is 33.2 Å². The second-order valence-electron chi connectivity index (χ2n) is 6.49. The first-order valence-electron chi connectivity index (χ1n) is 8.79. The molecule has 0 unspecified atom stereocenters. The first-order valence-corrected chi connectivity index (χ1v) is 8.79. The van der Waals surface area contributed by atoms with E-state index >= 15 is 0 Å². The molecule has 0 atom stereocenters. The van der Waals surface area contributed by atoms with Crippen LogP contribution in [0.2, 0.25) is 0 Å². The number of hydrogen-bond acceptors (Lipinski definition) is 2. The Morgan fingerprint density at radius 3 is 2.56 bits per heavy atom. The largest absolute Gasteiger partial charge is 0.441 e. The van der Waals surface area contributed by atoms with Gasteiger partial charge in [0.05, 0.1) is 5.69 Å². The molecule has 25 heavy (non-hydrogen) atoms. The van der Waals surface area contributed by atoms with Crippen LogP contribution in [0.4, 0.5) is 0 Å². The molecule has 126 valence electrons. The standard InChI is InChI=1S/C22H22N2O/c1-16-15-19-11-6-7-13-21(19)24(16)14-8-12-20-17(2)25-22(23-20)18-9-4-3-5-10-18/h3-7,9-11,13,15H,8,12,14H2,1-2H3. The summed E-state index contributed by atoms with van der Waals surface area (Å²) in [4.78, 5) is 4.71. The van der Waals surface area contributed by atoms with Crippen LogP contribution in [0, 0.1) is 13.8 Å². The van der Waals surface area contributed by atoms with Gasteiger partial charge < -0.3 is 8.98 Å². The van der Waals surface area contributed by atoms with E-state index in [4.69, 9.17) is 9.40 Å². The van der Waals surface area contributed by atoms with Crippen LogP contribution >= 0.6 is 0 Å². The Hall–Kier alpha value is -2.81. The van der Waals surface area contributed by atoms with Gasteiger partial charge in [-0.2, -0.15) is 0 Å². The van der Waals surface area contributed by atoms with Crippen LogP contribution < -0.4 is 0 Å². The third-order valence-corrected chi connectivity index (χ3v) is 4.73. The third kappa shape index (κ3) is 3.10. The smallest absolute Gasteiger partial charge is 0.226 e. The second-order valence-corrected chi connectivity index (χ2v) is 6.49. The fraction of sp³-hybridized carbons (Fsp3) is 0.227. The molecule has 0 radical (unpaired) electrons. The highest BCUT2D eigenvalue weighted by atomic mass is 16.4. The molecule has 0 spiro atoms. The molecule has 2 heterocycles. The summed E-state index contributed by atoms with van der Waals surface area (Å²) < 4.78 is 8.26. The van der Waals surface area contributed by atoms with Crippen molar-refractivity contribution in [3.05, 3.63) is 77.8 Å². The quantitative estimate of drug-likeness (QED) is 0.480. The highest BCUT2D eigenvalue weighted by Crippen LogP contribution is 2.23. The topological polar surface area (TPSA) is 31.0 Å². The van der Waals surface area contributed by atoms with Crippen molar-refractivity contribution < 1.29 is 4.42 Å². The van der Waals surface area contributed by atoms with Crippen LogP contribution in [-0.4, -0.2) is 9.55 Å². The summed E-state index contributed by atoms with van der Waals surface area (Å²) in [6.45, 7) is 5.17. The van der Waals surface area contributed by atoms with Crippen molar-refractivity contribution in [3.8, 4) is 11.5 Å². The molecular weight excluding hydrogens is 308 g/mol. The molecule has 0 saturated carbocycles. The SMILES string of the molecule is Cc1oc(-c2ccccc2)nc1CCCn1c(C)cc2ccccc21. The Bertz CT molecular complexity index is 995. The van der Waals surface area contributed by atoms with Crippen LogP contribution in [0.25, 0.3) is 22.4 Å². The lowest BCUT2D eigenvalue weighted by Crippen LogP contribution is -2.02. The summed E-state index contributed by atoms with van der Waals surface area (Å²) in [7, 11) is 0. The van der Waals surface area contributed by atoms with E-state index in [1.807, 2.05) is 37.3 Å². The molecule has 0 fully saturated rings. The first kappa shape index (κ1) is 15.7. The molecule has 0 N–H and O–H groups in total. The van der Waals surface area contributed by atoms with Crippen molar-refractivity contribution in [1.29, 1.82) is 0 Å². The molecular formula is C22H22N2O. The number of rotatable bonds is 5. The number of nitrogens with zero attached hydrogens (tertiary/aromatic N) is 2. The maximum absolute atomic E-state index is 5.86. The van der Waals surface area contributed by atoms with Gasteiger partial charge in [-0.3, -0.25) is 0 Å². The zero-order valence-corrected chi connectivity index (χ0v) is 14.7. The lowest BCUT2D eigenvalue weighted by atomic mass is 10.2. The van der Waals surface area contributed by atoms with E-state index in [-0.39, 0.29) is 0 Å². The Balaban J connectivity index is 1.49. The molecule has 2 aromatic carbocycles. The van der Waals surface area contributed by atoms with Crippen molar-refractivity contribution in [1.82, 2.24) is 9.55 Å². The molecule has 4 rings (SSSR count). The Morgan fingerprint density at radius 2 is 1.72 bits per heavy atom. The minimum absolute atomic E-state index is 0.718. The first-order chi connectivity index (χ1) is 12.2. The summed E-state index contributed by atoms with van der Waals surface area (Å²) in [6.07, 6.45) is 1.97. The normalized spacial score (nSPS) is 11.3. The third-order valence-electron chi connectivity index (χ3n) is 4.73. The van der Waals surface area contributed by atoms with Crippen LogP contribution in [0.5, 0.6) is 0 Å². The van der Waals surface area contributed by atoms with Crippen LogP contribution in [0.1, 0.15) is 23.6 Å². The molecule has 0 amide bonds. The predicted molar refractivity (Wildman–Crippen MR) is 102 cm³/mol. The predicted octanol–water partition coefficient (Wildman–Crippen LogP) is 5.55. The van der Waals surface area contributed by atoms with E-state index in [1.54, 1.807) is 0 Å². The number of para-hydroxylation sites is 1. The van der Waals surface area contributed by atoms with Crippen LogP contribution in [0.3, 0.4) is 0 Å².